The van der Waals surface area contributed by atoms with E-state index in [0.29, 0.717) is 12.4 Å². The predicted molar refractivity (Wildman–Crippen MR) is 80.3 cm³/mol. The van der Waals surface area contributed by atoms with Gasteiger partial charge in [-0.3, -0.25) is 0 Å². The Morgan fingerprint density at radius 1 is 1.25 bits per heavy atom. The number of aliphatic hydroxyl groups excluding tert-OH is 1. The van der Waals surface area contributed by atoms with Gasteiger partial charge in [0.2, 0.25) is 0 Å². The minimum absolute atomic E-state index is 0.0540. The van der Waals surface area contributed by atoms with Crippen LogP contribution in [0.2, 0.25) is 0 Å². The van der Waals surface area contributed by atoms with Crippen molar-refractivity contribution in [1.82, 2.24) is 4.98 Å². The second-order valence-corrected chi connectivity index (χ2v) is 6.13. The first-order chi connectivity index (χ1) is 9.28. The average molecular weight is 278 g/mol. The number of anilines is 1. The average Bonchev–Trinajstić information content (AvgIpc) is 2.55. The fourth-order valence-corrected chi connectivity index (χ4v) is 2.14. The van der Waals surface area contributed by atoms with Gasteiger partial charge in [-0.1, -0.05) is 0 Å². The predicted octanol–water partition coefficient (Wildman–Crippen LogP) is 1.09. The Labute approximate surface area is 120 Å². The van der Waals surface area contributed by atoms with Gasteiger partial charge in [0.05, 0.1) is 17.8 Å². The molecule has 0 saturated carbocycles. The first kappa shape index (κ1) is 15.3. The Kier molecular flexibility index (Phi) is 4.09. The quantitative estimate of drug-likeness (QED) is 0.807. The first-order valence-corrected chi connectivity index (χ1v) is 6.94. The van der Waals surface area contributed by atoms with Crippen molar-refractivity contribution < 1.29 is 14.4 Å². The second kappa shape index (κ2) is 5.35. The molecular weight excluding hydrogens is 255 g/mol. The smallest absolute Gasteiger partial charge is 0.399 e. The van der Waals surface area contributed by atoms with Crippen molar-refractivity contribution in [3.63, 3.8) is 0 Å². The fraction of sp³-hybridized carbons (Fsp3) is 0.643. The molecule has 2 N–H and O–H groups in total. The number of aryl methyl sites for hydroxylation is 1. The van der Waals surface area contributed by atoms with Crippen molar-refractivity contribution in [3.05, 3.63) is 17.8 Å². The largest absolute Gasteiger partial charge is 0.498 e. The van der Waals surface area contributed by atoms with Crippen molar-refractivity contribution in [1.29, 1.82) is 0 Å². The molecule has 1 aliphatic rings. The molecule has 0 radical (unpaired) electrons. The summed E-state index contributed by atoms with van der Waals surface area (Å²) in [7, 11) is -0.449. The molecule has 0 unspecified atom stereocenters. The molecule has 2 heterocycles. The zero-order valence-corrected chi connectivity index (χ0v) is 12.9. The summed E-state index contributed by atoms with van der Waals surface area (Å²) in [5, 5.41) is 12.1. The van der Waals surface area contributed by atoms with Crippen LogP contribution in [0.4, 0.5) is 5.82 Å². The van der Waals surface area contributed by atoms with E-state index in [1.54, 1.807) is 6.20 Å². The van der Waals surface area contributed by atoms with Crippen LogP contribution in [0, 0.1) is 6.92 Å². The molecule has 1 saturated heterocycles. The molecule has 1 fully saturated rings. The molecule has 0 atom stereocenters. The minimum Gasteiger partial charge on any atom is -0.399 e. The summed E-state index contributed by atoms with van der Waals surface area (Å²) in [6.07, 6.45) is 1.74. The van der Waals surface area contributed by atoms with Crippen LogP contribution in [-0.2, 0) is 9.31 Å². The summed E-state index contributed by atoms with van der Waals surface area (Å²) in [5.41, 5.74) is 1.20. The summed E-state index contributed by atoms with van der Waals surface area (Å²) in [4.78, 5) is 4.33. The van der Waals surface area contributed by atoms with Gasteiger partial charge in [-0.05, 0) is 46.2 Å². The molecule has 20 heavy (non-hydrogen) atoms. The third-order valence-electron chi connectivity index (χ3n) is 4.10. The number of rotatable bonds is 4. The molecule has 0 aromatic carbocycles. The van der Waals surface area contributed by atoms with Crippen LogP contribution in [-0.4, -0.2) is 41.6 Å². The molecular formula is C14H23BN2O3. The van der Waals surface area contributed by atoms with Gasteiger partial charge in [0.15, 0.2) is 0 Å². The van der Waals surface area contributed by atoms with Crippen molar-refractivity contribution in [2.45, 2.75) is 45.8 Å². The third-order valence-corrected chi connectivity index (χ3v) is 4.10. The monoisotopic (exact) mass is 278 g/mol. The number of nitrogens with one attached hydrogen (secondary N) is 1. The first-order valence-electron chi connectivity index (χ1n) is 6.94. The van der Waals surface area contributed by atoms with E-state index in [2.05, 4.69) is 10.3 Å². The van der Waals surface area contributed by atoms with Crippen LogP contribution < -0.4 is 10.8 Å². The van der Waals surface area contributed by atoms with Crippen LogP contribution in [0.1, 0.15) is 33.3 Å². The van der Waals surface area contributed by atoms with Gasteiger partial charge in [0, 0.05) is 18.2 Å². The van der Waals surface area contributed by atoms with Gasteiger partial charge in [-0.2, -0.15) is 0 Å². The minimum atomic E-state index is -0.449. The highest BCUT2D eigenvalue weighted by molar-refractivity contribution is 6.64. The summed E-state index contributed by atoms with van der Waals surface area (Å²) in [6.45, 7) is 10.6. The van der Waals surface area contributed by atoms with Crippen LogP contribution >= 0.6 is 0 Å². The van der Waals surface area contributed by atoms with Crippen LogP contribution in [0.25, 0.3) is 0 Å². The summed E-state index contributed by atoms with van der Waals surface area (Å²) >= 11 is 0. The standard InChI is InChI=1S/C14H23BN2O3/c1-10-6-7-16-12(17-8-9-18)11(10)15-19-13(2,3)14(4,5)20-15/h6-7,18H,8-9H2,1-5H3,(H,16,17). The summed E-state index contributed by atoms with van der Waals surface area (Å²) < 4.78 is 12.2. The van der Waals surface area contributed by atoms with E-state index in [4.69, 9.17) is 14.4 Å². The molecule has 1 aromatic heterocycles. The molecule has 1 aliphatic heterocycles. The molecule has 1 aromatic rings. The Hall–Kier alpha value is -1.11. The number of nitrogens with zero attached hydrogens (tertiary/aromatic N) is 1. The molecule has 0 amide bonds. The second-order valence-electron chi connectivity index (χ2n) is 6.13. The zero-order chi connectivity index (χ0) is 15.0. The normalized spacial score (nSPS) is 20.2. The van der Waals surface area contributed by atoms with Gasteiger partial charge >= 0.3 is 7.12 Å². The number of hydrogen-bond donors (Lipinski definition) is 2. The van der Waals surface area contributed by atoms with Crippen LogP contribution in [0.15, 0.2) is 12.3 Å². The van der Waals surface area contributed by atoms with E-state index >= 15 is 0 Å². The van der Waals surface area contributed by atoms with E-state index < -0.39 is 7.12 Å². The van der Waals surface area contributed by atoms with Crippen molar-refractivity contribution in [2.75, 3.05) is 18.5 Å². The highest BCUT2D eigenvalue weighted by Crippen LogP contribution is 2.37. The molecule has 5 nitrogen and oxygen atoms in total. The van der Waals surface area contributed by atoms with Gasteiger partial charge < -0.3 is 19.7 Å². The van der Waals surface area contributed by atoms with Crippen molar-refractivity contribution in [2.24, 2.45) is 0 Å². The Morgan fingerprint density at radius 3 is 2.40 bits per heavy atom. The molecule has 2 rings (SSSR count). The van der Waals surface area contributed by atoms with E-state index in [0.717, 1.165) is 11.0 Å². The number of pyridine rings is 1. The van der Waals surface area contributed by atoms with Crippen molar-refractivity contribution in [3.8, 4) is 0 Å². The lowest BCUT2D eigenvalue weighted by atomic mass is 9.76. The van der Waals surface area contributed by atoms with Gasteiger partial charge in [-0.15, -0.1) is 0 Å². The molecule has 0 spiro atoms. The van der Waals surface area contributed by atoms with Gasteiger partial charge in [-0.25, -0.2) is 4.98 Å². The molecule has 0 bridgehead atoms. The van der Waals surface area contributed by atoms with E-state index in [9.17, 15) is 0 Å². The topological polar surface area (TPSA) is 63.6 Å². The SMILES string of the molecule is Cc1ccnc(NCCO)c1B1OC(C)(C)C(C)(C)O1. The number of hydrogen-bond acceptors (Lipinski definition) is 5. The van der Waals surface area contributed by atoms with Crippen LogP contribution in [0.5, 0.6) is 0 Å². The third kappa shape index (κ3) is 2.68. The fourth-order valence-electron chi connectivity index (χ4n) is 2.14. The highest BCUT2D eigenvalue weighted by atomic mass is 16.7. The maximum atomic E-state index is 8.97. The summed E-state index contributed by atoms with van der Waals surface area (Å²) in [5.74, 6) is 0.706. The lowest BCUT2D eigenvalue weighted by molar-refractivity contribution is 0.00578. The van der Waals surface area contributed by atoms with Gasteiger partial charge in [0.25, 0.3) is 0 Å². The summed E-state index contributed by atoms with van der Waals surface area (Å²) in [6, 6.07) is 1.94. The Morgan fingerprint density at radius 2 is 1.85 bits per heavy atom. The maximum Gasteiger partial charge on any atom is 0.498 e. The lowest BCUT2D eigenvalue weighted by Gasteiger charge is -2.32. The highest BCUT2D eigenvalue weighted by Gasteiger charge is 2.52. The van der Waals surface area contributed by atoms with Gasteiger partial charge in [0.1, 0.15) is 5.82 Å². The van der Waals surface area contributed by atoms with Crippen molar-refractivity contribution >= 4 is 18.4 Å². The zero-order valence-electron chi connectivity index (χ0n) is 12.9. The Bertz CT molecular complexity index is 475. The number of aromatic nitrogens is 1. The lowest BCUT2D eigenvalue weighted by Crippen LogP contribution is -2.41. The van der Waals surface area contributed by atoms with E-state index in [1.807, 2.05) is 40.7 Å². The van der Waals surface area contributed by atoms with Crippen LogP contribution in [0.3, 0.4) is 0 Å². The number of aliphatic hydroxyl groups is 1. The van der Waals surface area contributed by atoms with E-state index in [-0.39, 0.29) is 17.8 Å². The molecule has 110 valence electrons. The molecule has 6 heteroatoms. The maximum absolute atomic E-state index is 8.97. The Balaban J connectivity index is 2.34. The molecule has 0 aliphatic carbocycles. The van der Waals surface area contributed by atoms with E-state index in [1.165, 1.54) is 0 Å².